The van der Waals surface area contributed by atoms with E-state index >= 15 is 0 Å². The molecule has 1 aliphatic rings. The van der Waals surface area contributed by atoms with Crippen LogP contribution in [0.5, 0.6) is 5.75 Å². The van der Waals surface area contributed by atoms with Crippen molar-refractivity contribution in [3.05, 3.63) is 18.2 Å². The molecule has 1 saturated carbocycles. The van der Waals surface area contributed by atoms with E-state index in [1.54, 1.807) is 14.2 Å². The molecule has 0 aliphatic heterocycles. The fourth-order valence-electron chi connectivity index (χ4n) is 2.12. The lowest BCUT2D eigenvalue weighted by atomic mass is 10.0. The molecular formula is C14H22N2O2. The van der Waals surface area contributed by atoms with Gasteiger partial charge in [-0.3, -0.25) is 0 Å². The molecule has 1 fully saturated rings. The SMILES string of the molecule is COCCC1(CNc2ccc(OC)cc2N)CC1. The van der Waals surface area contributed by atoms with Crippen LogP contribution in [0.15, 0.2) is 18.2 Å². The quantitative estimate of drug-likeness (QED) is 0.730. The van der Waals surface area contributed by atoms with Crippen LogP contribution in [-0.2, 0) is 4.74 Å². The highest BCUT2D eigenvalue weighted by molar-refractivity contribution is 5.68. The van der Waals surface area contributed by atoms with E-state index in [9.17, 15) is 0 Å². The Labute approximate surface area is 108 Å². The van der Waals surface area contributed by atoms with Crippen molar-refractivity contribution >= 4 is 11.4 Å². The molecule has 0 saturated heterocycles. The highest BCUT2D eigenvalue weighted by atomic mass is 16.5. The first-order valence-corrected chi connectivity index (χ1v) is 6.35. The molecule has 3 N–H and O–H groups in total. The molecule has 0 heterocycles. The van der Waals surface area contributed by atoms with Gasteiger partial charge in [0.25, 0.3) is 0 Å². The smallest absolute Gasteiger partial charge is 0.121 e. The van der Waals surface area contributed by atoms with Crippen molar-refractivity contribution in [1.82, 2.24) is 0 Å². The molecule has 4 heteroatoms. The Bertz CT molecular complexity index is 403. The Kier molecular flexibility index (Phi) is 3.97. The molecule has 0 bridgehead atoms. The van der Waals surface area contributed by atoms with E-state index < -0.39 is 0 Å². The van der Waals surface area contributed by atoms with E-state index in [0.29, 0.717) is 5.41 Å². The van der Waals surface area contributed by atoms with Crippen molar-refractivity contribution < 1.29 is 9.47 Å². The molecule has 0 radical (unpaired) electrons. The highest BCUT2D eigenvalue weighted by Crippen LogP contribution is 2.48. The van der Waals surface area contributed by atoms with Crippen LogP contribution in [0.4, 0.5) is 11.4 Å². The van der Waals surface area contributed by atoms with Gasteiger partial charge in [0.2, 0.25) is 0 Å². The maximum Gasteiger partial charge on any atom is 0.121 e. The Morgan fingerprint density at radius 2 is 2.11 bits per heavy atom. The summed E-state index contributed by atoms with van der Waals surface area (Å²) in [4.78, 5) is 0. The maximum absolute atomic E-state index is 5.98. The predicted molar refractivity (Wildman–Crippen MR) is 74.1 cm³/mol. The molecule has 18 heavy (non-hydrogen) atoms. The summed E-state index contributed by atoms with van der Waals surface area (Å²) < 4.78 is 10.3. The Morgan fingerprint density at radius 3 is 2.67 bits per heavy atom. The third-order valence-electron chi connectivity index (χ3n) is 3.71. The van der Waals surface area contributed by atoms with E-state index in [0.717, 1.165) is 36.7 Å². The van der Waals surface area contributed by atoms with Crippen molar-refractivity contribution in [1.29, 1.82) is 0 Å². The van der Waals surface area contributed by atoms with Crippen LogP contribution in [0.1, 0.15) is 19.3 Å². The summed E-state index contributed by atoms with van der Waals surface area (Å²) in [6.45, 7) is 1.80. The zero-order chi connectivity index (χ0) is 13.0. The number of nitrogens with two attached hydrogens (primary N) is 1. The fraction of sp³-hybridized carbons (Fsp3) is 0.571. The highest BCUT2D eigenvalue weighted by Gasteiger charge is 2.41. The average molecular weight is 250 g/mol. The van der Waals surface area contributed by atoms with Gasteiger partial charge in [0, 0.05) is 26.3 Å². The molecule has 0 aromatic heterocycles. The third kappa shape index (κ3) is 3.07. The zero-order valence-electron chi connectivity index (χ0n) is 11.2. The Morgan fingerprint density at radius 1 is 1.33 bits per heavy atom. The van der Waals surface area contributed by atoms with Crippen LogP contribution < -0.4 is 15.8 Å². The van der Waals surface area contributed by atoms with E-state index in [1.165, 1.54) is 12.8 Å². The van der Waals surface area contributed by atoms with Gasteiger partial charge in [0.1, 0.15) is 5.75 Å². The van der Waals surface area contributed by atoms with E-state index in [-0.39, 0.29) is 0 Å². The van der Waals surface area contributed by atoms with Crippen LogP contribution in [0.3, 0.4) is 0 Å². The van der Waals surface area contributed by atoms with Gasteiger partial charge in [0.15, 0.2) is 0 Å². The van der Waals surface area contributed by atoms with Crippen molar-refractivity contribution in [2.75, 3.05) is 38.4 Å². The lowest BCUT2D eigenvalue weighted by molar-refractivity contribution is 0.175. The van der Waals surface area contributed by atoms with Gasteiger partial charge in [-0.25, -0.2) is 0 Å². The number of nitrogen functional groups attached to an aromatic ring is 1. The van der Waals surface area contributed by atoms with Crippen molar-refractivity contribution in [3.63, 3.8) is 0 Å². The van der Waals surface area contributed by atoms with Gasteiger partial charge >= 0.3 is 0 Å². The van der Waals surface area contributed by atoms with Crippen LogP contribution in [-0.4, -0.2) is 27.4 Å². The number of anilines is 2. The van der Waals surface area contributed by atoms with Gasteiger partial charge in [-0.05, 0) is 36.8 Å². The van der Waals surface area contributed by atoms with Crippen LogP contribution >= 0.6 is 0 Å². The average Bonchev–Trinajstić information content (AvgIpc) is 3.15. The summed E-state index contributed by atoms with van der Waals surface area (Å²) in [6.07, 6.45) is 3.67. The third-order valence-corrected chi connectivity index (χ3v) is 3.71. The minimum absolute atomic E-state index is 0.419. The second kappa shape index (κ2) is 5.48. The number of benzene rings is 1. The molecule has 2 rings (SSSR count). The monoisotopic (exact) mass is 250 g/mol. The first-order valence-electron chi connectivity index (χ1n) is 6.35. The first kappa shape index (κ1) is 13.0. The second-order valence-electron chi connectivity index (χ2n) is 5.05. The van der Waals surface area contributed by atoms with E-state index in [4.69, 9.17) is 15.2 Å². The second-order valence-corrected chi connectivity index (χ2v) is 5.05. The van der Waals surface area contributed by atoms with Crippen molar-refractivity contribution in [2.45, 2.75) is 19.3 Å². The molecule has 1 aromatic rings. The van der Waals surface area contributed by atoms with Crippen LogP contribution in [0.25, 0.3) is 0 Å². The first-order chi connectivity index (χ1) is 8.69. The van der Waals surface area contributed by atoms with Gasteiger partial charge in [-0.15, -0.1) is 0 Å². The summed E-state index contributed by atoms with van der Waals surface area (Å²) in [5, 5.41) is 3.44. The Hall–Kier alpha value is -1.42. The number of methoxy groups -OCH3 is 2. The number of hydrogen-bond donors (Lipinski definition) is 2. The summed E-state index contributed by atoms with van der Waals surface area (Å²) in [6, 6.07) is 5.74. The number of rotatable bonds is 7. The normalized spacial score (nSPS) is 16.3. The summed E-state index contributed by atoms with van der Waals surface area (Å²) in [5.74, 6) is 0.790. The van der Waals surface area contributed by atoms with Crippen LogP contribution in [0.2, 0.25) is 0 Å². The van der Waals surface area contributed by atoms with E-state index in [1.807, 2.05) is 18.2 Å². The molecule has 1 aliphatic carbocycles. The largest absolute Gasteiger partial charge is 0.497 e. The van der Waals surface area contributed by atoms with Gasteiger partial charge < -0.3 is 20.5 Å². The maximum atomic E-state index is 5.98. The molecule has 1 aromatic carbocycles. The topological polar surface area (TPSA) is 56.5 Å². The Balaban J connectivity index is 1.90. The molecular weight excluding hydrogens is 228 g/mol. The predicted octanol–water partition coefficient (Wildman–Crippen LogP) is 2.51. The fourth-order valence-corrected chi connectivity index (χ4v) is 2.12. The van der Waals surface area contributed by atoms with E-state index in [2.05, 4.69) is 5.32 Å². The molecule has 0 unspecified atom stereocenters. The number of ether oxygens (including phenoxy) is 2. The minimum Gasteiger partial charge on any atom is -0.497 e. The number of hydrogen-bond acceptors (Lipinski definition) is 4. The molecule has 0 amide bonds. The summed E-state index contributed by atoms with van der Waals surface area (Å²) in [7, 11) is 3.40. The van der Waals surface area contributed by atoms with Gasteiger partial charge in [0.05, 0.1) is 18.5 Å². The minimum atomic E-state index is 0.419. The van der Waals surface area contributed by atoms with Gasteiger partial charge in [-0.2, -0.15) is 0 Å². The van der Waals surface area contributed by atoms with Crippen molar-refractivity contribution in [3.8, 4) is 5.75 Å². The number of nitrogens with one attached hydrogen (secondary N) is 1. The lowest BCUT2D eigenvalue weighted by Gasteiger charge is -2.17. The molecule has 0 atom stereocenters. The summed E-state index contributed by atoms with van der Waals surface area (Å²) in [5.41, 5.74) is 8.12. The summed E-state index contributed by atoms with van der Waals surface area (Å²) >= 11 is 0. The lowest BCUT2D eigenvalue weighted by Crippen LogP contribution is -2.17. The molecule has 0 spiro atoms. The molecule has 100 valence electrons. The zero-order valence-corrected chi connectivity index (χ0v) is 11.2. The van der Waals surface area contributed by atoms with Crippen molar-refractivity contribution in [2.24, 2.45) is 5.41 Å². The van der Waals surface area contributed by atoms with Crippen LogP contribution in [0, 0.1) is 5.41 Å². The molecule has 4 nitrogen and oxygen atoms in total. The van der Waals surface area contributed by atoms with Gasteiger partial charge in [-0.1, -0.05) is 0 Å². The standard InChI is InChI=1S/C14H22N2O2/c1-17-8-7-14(5-6-14)10-16-13-4-3-11(18-2)9-12(13)15/h3-4,9,16H,5-8,10,15H2,1-2H3.